The highest BCUT2D eigenvalue weighted by Gasteiger charge is 2.31. The molecule has 1 aliphatic rings. The molecule has 0 bridgehead atoms. The molecule has 0 N–H and O–H groups in total. The number of benzene rings is 2. The minimum Gasteiger partial charge on any atom is -0.368 e. The average Bonchev–Trinajstić information content (AvgIpc) is 2.66. The second-order valence-electron chi connectivity index (χ2n) is 6.25. The predicted molar refractivity (Wildman–Crippen MR) is 101 cm³/mol. The zero-order chi connectivity index (χ0) is 19.4. The van der Waals surface area contributed by atoms with Crippen LogP contribution in [-0.4, -0.2) is 37.0 Å². The highest BCUT2D eigenvalue weighted by atomic mass is 35.5. The van der Waals surface area contributed by atoms with Crippen LogP contribution in [0.25, 0.3) is 6.08 Å². The number of nitrogens with zero attached hydrogens (tertiary/aromatic N) is 2. The van der Waals surface area contributed by atoms with Gasteiger partial charge in [-0.2, -0.15) is 13.2 Å². The number of halogens is 4. The Morgan fingerprint density at radius 3 is 2.37 bits per heavy atom. The summed E-state index contributed by atoms with van der Waals surface area (Å²) >= 11 is 5.92. The van der Waals surface area contributed by atoms with E-state index in [1.165, 1.54) is 12.1 Å². The summed E-state index contributed by atoms with van der Waals surface area (Å²) in [5.41, 5.74) is 0.688. The Kier molecular flexibility index (Phi) is 5.75. The lowest BCUT2D eigenvalue weighted by Gasteiger charge is -2.35. The van der Waals surface area contributed by atoms with Gasteiger partial charge in [0.25, 0.3) is 0 Å². The lowest BCUT2D eigenvalue weighted by atomic mass is 10.1. The van der Waals surface area contributed by atoms with Crippen molar-refractivity contribution in [2.75, 3.05) is 31.1 Å². The number of hydrogen-bond donors (Lipinski definition) is 0. The van der Waals surface area contributed by atoms with Crippen LogP contribution in [0.15, 0.2) is 54.6 Å². The van der Waals surface area contributed by atoms with E-state index >= 15 is 0 Å². The summed E-state index contributed by atoms with van der Waals surface area (Å²) in [7, 11) is 0. The van der Waals surface area contributed by atoms with Gasteiger partial charge in [-0.05, 0) is 42.0 Å². The van der Waals surface area contributed by atoms with Gasteiger partial charge >= 0.3 is 6.18 Å². The molecule has 1 fully saturated rings. The van der Waals surface area contributed by atoms with Gasteiger partial charge < -0.3 is 9.80 Å². The van der Waals surface area contributed by atoms with Crippen LogP contribution < -0.4 is 4.90 Å². The van der Waals surface area contributed by atoms with Gasteiger partial charge in [0.15, 0.2) is 0 Å². The van der Waals surface area contributed by atoms with E-state index in [0.717, 1.165) is 17.7 Å². The first-order chi connectivity index (χ1) is 12.8. The fourth-order valence-corrected chi connectivity index (χ4v) is 3.15. The van der Waals surface area contributed by atoms with Gasteiger partial charge in [0, 0.05) is 43.0 Å². The number of piperazine rings is 1. The molecule has 0 atom stereocenters. The van der Waals surface area contributed by atoms with Crippen LogP contribution in [0.2, 0.25) is 5.02 Å². The number of rotatable bonds is 3. The quantitative estimate of drug-likeness (QED) is 0.703. The minimum absolute atomic E-state index is 0.126. The predicted octanol–water partition coefficient (Wildman–Crippen LogP) is 4.72. The summed E-state index contributed by atoms with van der Waals surface area (Å²) in [6, 6.07) is 12.4. The Balaban J connectivity index is 1.59. The third-order valence-electron chi connectivity index (χ3n) is 4.40. The summed E-state index contributed by atoms with van der Waals surface area (Å²) < 4.78 is 38.6. The summed E-state index contributed by atoms with van der Waals surface area (Å²) in [5, 5.41) is 0.597. The van der Waals surface area contributed by atoms with E-state index in [1.54, 1.807) is 35.2 Å². The minimum atomic E-state index is -4.36. The first kappa shape index (κ1) is 19.3. The van der Waals surface area contributed by atoms with Crippen molar-refractivity contribution >= 4 is 29.3 Å². The van der Waals surface area contributed by atoms with Gasteiger partial charge in [0.05, 0.1) is 5.56 Å². The average molecular weight is 395 g/mol. The molecule has 2 aromatic rings. The normalized spacial score (nSPS) is 15.4. The van der Waals surface area contributed by atoms with Crippen molar-refractivity contribution in [3.8, 4) is 0 Å². The van der Waals surface area contributed by atoms with E-state index in [2.05, 4.69) is 0 Å². The van der Waals surface area contributed by atoms with E-state index in [0.29, 0.717) is 36.9 Å². The van der Waals surface area contributed by atoms with Crippen molar-refractivity contribution in [3.05, 3.63) is 70.8 Å². The van der Waals surface area contributed by atoms with E-state index in [4.69, 9.17) is 11.6 Å². The molecule has 0 radical (unpaired) electrons. The van der Waals surface area contributed by atoms with Crippen molar-refractivity contribution in [2.45, 2.75) is 6.18 Å². The third-order valence-corrected chi connectivity index (χ3v) is 4.63. The van der Waals surface area contributed by atoms with E-state index in [9.17, 15) is 18.0 Å². The maximum absolute atomic E-state index is 12.9. The van der Waals surface area contributed by atoms with Crippen molar-refractivity contribution in [2.24, 2.45) is 0 Å². The number of anilines is 1. The van der Waals surface area contributed by atoms with E-state index < -0.39 is 11.7 Å². The summed E-state index contributed by atoms with van der Waals surface area (Å²) in [6.07, 6.45) is -1.17. The number of hydrogen-bond acceptors (Lipinski definition) is 2. The SMILES string of the molecule is O=C(C=Cc1cccc(Cl)c1)N1CCN(c2cccc(C(F)(F)F)c2)CC1. The zero-order valence-electron chi connectivity index (χ0n) is 14.4. The van der Waals surface area contributed by atoms with Gasteiger partial charge in [0.1, 0.15) is 0 Å². The Morgan fingerprint density at radius 2 is 1.70 bits per heavy atom. The highest BCUT2D eigenvalue weighted by Crippen LogP contribution is 2.31. The number of amides is 1. The Bertz CT molecular complexity index is 843. The standard InChI is InChI=1S/C20H18ClF3N2O/c21-17-5-1-3-15(13-17)7-8-19(27)26-11-9-25(10-12-26)18-6-2-4-16(14-18)20(22,23)24/h1-8,13-14H,9-12H2. The maximum atomic E-state index is 12.9. The fourth-order valence-electron chi connectivity index (χ4n) is 2.95. The molecule has 27 heavy (non-hydrogen) atoms. The third kappa shape index (κ3) is 5.04. The number of alkyl halides is 3. The Morgan fingerprint density at radius 1 is 1.00 bits per heavy atom. The van der Waals surface area contributed by atoms with Crippen LogP contribution in [0.1, 0.15) is 11.1 Å². The molecule has 1 aliphatic heterocycles. The molecule has 0 aliphatic carbocycles. The van der Waals surface area contributed by atoms with Crippen LogP contribution in [0.4, 0.5) is 18.9 Å². The molecule has 0 spiro atoms. The van der Waals surface area contributed by atoms with Crippen molar-refractivity contribution in [1.29, 1.82) is 0 Å². The summed E-state index contributed by atoms with van der Waals surface area (Å²) in [5.74, 6) is -0.126. The second kappa shape index (κ2) is 8.05. The number of carbonyl (C=O) groups is 1. The smallest absolute Gasteiger partial charge is 0.368 e. The molecule has 3 rings (SSSR count). The monoisotopic (exact) mass is 394 g/mol. The Labute approximate surface area is 160 Å². The van der Waals surface area contributed by atoms with E-state index in [-0.39, 0.29) is 5.91 Å². The molecule has 142 valence electrons. The fraction of sp³-hybridized carbons (Fsp3) is 0.250. The largest absolute Gasteiger partial charge is 0.416 e. The van der Waals surface area contributed by atoms with Crippen LogP contribution >= 0.6 is 11.6 Å². The molecular formula is C20H18ClF3N2O. The van der Waals surface area contributed by atoms with Crippen LogP contribution in [-0.2, 0) is 11.0 Å². The first-order valence-electron chi connectivity index (χ1n) is 8.48. The lowest BCUT2D eigenvalue weighted by Crippen LogP contribution is -2.48. The molecule has 1 amide bonds. The summed E-state index contributed by atoms with van der Waals surface area (Å²) in [6.45, 7) is 1.88. The molecule has 3 nitrogen and oxygen atoms in total. The van der Waals surface area contributed by atoms with Gasteiger partial charge in [-0.25, -0.2) is 0 Å². The van der Waals surface area contributed by atoms with Gasteiger partial charge in [-0.15, -0.1) is 0 Å². The maximum Gasteiger partial charge on any atom is 0.416 e. The molecule has 0 unspecified atom stereocenters. The molecule has 7 heteroatoms. The molecule has 1 saturated heterocycles. The first-order valence-corrected chi connectivity index (χ1v) is 8.85. The molecule has 1 heterocycles. The van der Waals surface area contributed by atoms with Gasteiger partial charge in [0.2, 0.25) is 5.91 Å². The topological polar surface area (TPSA) is 23.6 Å². The second-order valence-corrected chi connectivity index (χ2v) is 6.69. The molecule has 2 aromatic carbocycles. The molecule has 0 saturated carbocycles. The van der Waals surface area contributed by atoms with Crippen LogP contribution in [0.3, 0.4) is 0 Å². The van der Waals surface area contributed by atoms with Crippen molar-refractivity contribution in [1.82, 2.24) is 4.90 Å². The van der Waals surface area contributed by atoms with E-state index in [1.807, 2.05) is 11.0 Å². The van der Waals surface area contributed by atoms with Crippen molar-refractivity contribution in [3.63, 3.8) is 0 Å². The van der Waals surface area contributed by atoms with Gasteiger partial charge in [-0.3, -0.25) is 4.79 Å². The lowest BCUT2D eigenvalue weighted by molar-refractivity contribution is -0.137. The van der Waals surface area contributed by atoms with Crippen molar-refractivity contribution < 1.29 is 18.0 Å². The molecule has 0 aromatic heterocycles. The zero-order valence-corrected chi connectivity index (χ0v) is 15.2. The van der Waals surface area contributed by atoms with Crippen LogP contribution in [0, 0.1) is 0 Å². The van der Waals surface area contributed by atoms with Crippen LogP contribution in [0.5, 0.6) is 0 Å². The summed E-state index contributed by atoms with van der Waals surface area (Å²) in [4.78, 5) is 15.9. The Hall–Kier alpha value is -2.47. The highest BCUT2D eigenvalue weighted by molar-refractivity contribution is 6.30. The van der Waals surface area contributed by atoms with Gasteiger partial charge in [-0.1, -0.05) is 29.8 Å². The molecular weight excluding hydrogens is 377 g/mol. The number of carbonyl (C=O) groups excluding carboxylic acids is 1.